The lowest BCUT2D eigenvalue weighted by Crippen LogP contribution is -2.48. The number of benzene rings is 1. The summed E-state index contributed by atoms with van der Waals surface area (Å²) >= 11 is 6.20. The van der Waals surface area contributed by atoms with Crippen LogP contribution in [0.25, 0.3) is 6.08 Å². The van der Waals surface area contributed by atoms with Gasteiger partial charge in [0.25, 0.3) is 5.91 Å². The molecule has 2 aliphatic heterocycles. The minimum Gasteiger partial charge on any atom is -0.388 e. The molecule has 4 heterocycles. The number of aromatic nitrogens is 6. The highest BCUT2D eigenvalue weighted by atomic mass is 35.5. The fourth-order valence-corrected chi connectivity index (χ4v) is 5.32. The fraction of sp³-hybridized carbons (Fsp3) is 0.481. The largest absolute Gasteiger partial charge is 0.388 e. The Morgan fingerprint density at radius 3 is 2.59 bits per heavy atom. The molecule has 2 amide bonds. The molecule has 0 unspecified atom stereocenters. The predicted octanol–water partition coefficient (Wildman–Crippen LogP) is 2.57. The summed E-state index contributed by atoms with van der Waals surface area (Å²) in [5.41, 5.74) is 1.26. The molecule has 12 heteroatoms. The lowest BCUT2D eigenvalue weighted by Gasteiger charge is -2.37. The van der Waals surface area contributed by atoms with E-state index < -0.39 is 5.60 Å². The van der Waals surface area contributed by atoms with E-state index in [1.807, 2.05) is 17.0 Å². The van der Waals surface area contributed by atoms with Gasteiger partial charge in [0.2, 0.25) is 5.91 Å². The van der Waals surface area contributed by atoms with Crippen molar-refractivity contribution in [3.63, 3.8) is 0 Å². The third-order valence-corrected chi connectivity index (χ3v) is 7.60. The average Bonchev–Trinajstić information content (AvgIpc) is 3.56. The summed E-state index contributed by atoms with van der Waals surface area (Å²) < 4.78 is 1.64. The van der Waals surface area contributed by atoms with Gasteiger partial charge in [-0.2, -0.15) is 9.90 Å². The highest BCUT2D eigenvalue weighted by Gasteiger charge is 2.34. The zero-order chi connectivity index (χ0) is 27.4. The van der Waals surface area contributed by atoms with Crippen molar-refractivity contribution in [3.8, 4) is 0 Å². The van der Waals surface area contributed by atoms with Gasteiger partial charge < -0.3 is 14.9 Å². The van der Waals surface area contributed by atoms with E-state index in [1.54, 1.807) is 47.1 Å². The van der Waals surface area contributed by atoms with Crippen molar-refractivity contribution in [1.82, 2.24) is 39.8 Å². The van der Waals surface area contributed by atoms with E-state index in [0.717, 1.165) is 43.5 Å². The molecular formula is C27H33ClN8O3. The number of amides is 2. The van der Waals surface area contributed by atoms with E-state index in [0.29, 0.717) is 48.9 Å². The summed E-state index contributed by atoms with van der Waals surface area (Å²) in [5.74, 6) is 0.450. The summed E-state index contributed by atoms with van der Waals surface area (Å²) in [6.07, 6.45) is 10.7. The van der Waals surface area contributed by atoms with E-state index in [2.05, 4.69) is 20.5 Å². The number of aliphatic hydroxyl groups is 1. The first-order valence-corrected chi connectivity index (χ1v) is 13.7. The quantitative estimate of drug-likeness (QED) is 0.447. The van der Waals surface area contributed by atoms with Gasteiger partial charge in [-0.1, -0.05) is 17.7 Å². The van der Waals surface area contributed by atoms with Gasteiger partial charge in [0.05, 0.1) is 30.5 Å². The second kappa shape index (κ2) is 11.7. The Morgan fingerprint density at radius 2 is 1.87 bits per heavy atom. The predicted molar refractivity (Wildman–Crippen MR) is 145 cm³/mol. The van der Waals surface area contributed by atoms with Gasteiger partial charge in [-0.3, -0.25) is 14.3 Å². The van der Waals surface area contributed by atoms with Crippen molar-refractivity contribution >= 4 is 29.5 Å². The molecule has 0 spiro atoms. The van der Waals surface area contributed by atoms with Gasteiger partial charge in [0.1, 0.15) is 0 Å². The van der Waals surface area contributed by atoms with Crippen LogP contribution in [0.1, 0.15) is 59.4 Å². The summed E-state index contributed by atoms with van der Waals surface area (Å²) in [5, 5.41) is 28.2. The topological polar surface area (TPSA) is 122 Å². The molecule has 0 bridgehead atoms. The Labute approximate surface area is 232 Å². The van der Waals surface area contributed by atoms with E-state index in [-0.39, 0.29) is 18.4 Å². The zero-order valence-corrected chi connectivity index (χ0v) is 22.8. The summed E-state index contributed by atoms with van der Waals surface area (Å²) in [6, 6.07) is 5.46. The number of halogens is 1. The molecule has 2 fully saturated rings. The van der Waals surface area contributed by atoms with Crippen molar-refractivity contribution in [2.24, 2.45) is 0 Å². The van der Waals surface area contributed by atoms with E-state index >= 15 is 0 Å². The molecule has 3 aromatic rings. The van der Waals surface area contributed by atoms with Gasteiger partial charge >= 0.3 is 0 Å². The number of hydrogen-bond donors (Lipinski definition) is 1. The van der Waals surface area contributed by atoms with Gasteiger partial charge in [-0.15, -0.1) is 10.2 Å². The Morgan fingerprint density at radius 1 is 1.10 bits per heavy atom. The van der Waals surface area contributed by atoms with Crippen LogP contribution in [-0.4, -0.2) is 88.5 Å². The normalized spacial score (nSPS) is 17.6. The van der Waals surface area contributed by atoms with E-state index in [4.69, 9.17) is 11.6 Å². The van der Waals surface area contributed by atoms with Crippen LogP contribution in [-0.2, 0) is 17.9 Å². The summed E-state index contributed by atoms with van der Waals surface area (Å²) in [4.78, 5) is 30.8. The molecule has 0 atom stereocenters. The number of piperidine rings is 2. The number of carbonyl (C=O) groups excluding carboxylic acids is 2. The van der Waals surface area contributed by atoms with Crippen LogP contribution in [0.15, 0.2) is 36.7 Å². The second-order valence-electron chi connectivity index (χ2n) is 10.4. The number of hydrogen-bond acceptors (Lipinski definition) is 7. The van der Waals surface area contributed by atoms with Crippen molar-refractivity contribution in [1.29, 1.82) is 0 Å². The smallest absolute Gasteiger partial charge is 0.257 e. The molecule has 5 rings (SSSR count). The standard InChI is InChI=1S/C27H33ClN8O3/c1-20-30-32-36(31-20)18-22-15-24(28)7-5-21(22)6-8-25(37)33-13-9-27(39,10-14-33)19-35-17-23(16-29-35)26(38)34-11-3-2-4-12-34/h5-8,15-17,39H,2-4,9-14,18-19H2,1H3. The lowest BCUT2D eigenvalue weighted by atomic mass is 9.91. The molecule has 0 saturated carbocycles. The van der Waals surface area contributed by atoms with Crippen LogP contribution in [0.4, 0.5) is 0 Å². The Balaban J connectivity index is 1.16. The Hall–Kier alpha value is -3.57. The molecule has 206 valence electrons. The van der Waals surface area contributed by atoms with Crippen molar-refractivity contribution in [2.45, 2.75) is 57.7 Å². The van der Waals surface area contributed by atoms with Crippen molar-refractivity contribution < 1.29 is 14.7 Å². The first-order chi connectivity index (χ1) is 18.8. The SMILES string of the molecule is Cc1nnn(Cc2cc(Cl)ccc2C=CC(=O)N2CCC(O)(Cn3cc(C(=O)N4CCCCC4)cn3)CC2)n1. The maximum Gasteiger partial charge on any atom is 0.257 e. The van der Waals surface area contributed by atoms with Crippen LogP contribution in [0.5, 0.6) is 0 Å². The fourth-order valence-electron chi connectivity index (χ4n) is 5.13. The summed E-state index contributed by atoms with van der Waals surface area (Å²) in [7, 11) is 0. The number of aryl methyl sites for hydroxylation is 1. The minimum absolute atomic E-state index is 0.00310. The molecule has 2 aliphatic rings. The first-order valence-electron chi connectivity index (χ1n) is 13.3. The van der Waals surface area contributed by atoms with Gasteiger partial charge in [-0.05, 0) is 73.6 Å². The van der Waals surface area contributed by atoms with Gasteiger partial charge in [0, 0.05) is 43.5 Å². The van der Waals surface area contributed by atoms with Crippen LogP contribution in [0.2, 0.25) is 5.02 Å². The molecular weight excluding hydrogens is 520 g/mol. The monoisotopic (exact) mass is 552 g/mol. The van der Waals surface area contributed by atoms with Crippen molar-refractivity contribution in [3.05, 3.63) is 64.2 Å². The van der Waals surface area contributed by atoms with E-state index in [9.17, 15) is 14.7 Å². The first kappa shape index (κ1) is 27.0. The molecule has 1 aromatic carbocycles. The zero-order valence-electron chi connectivity index (χ0n) is 22.0. The highest BCUT2D eigenvalue weighted by molar-refractivity contribution is 6.30. The maximum absolute atomic E-state index is 12.9. The van der Waals surface area contributed by atoms with E-state index in [1.165, 1.54) is 4.80 Å². The Bertz CT molecular complexity index is 1350. The molecule has 11 nitrogen and oxygen atoms in total. The molecule has 1 N–H and O–H groups in total. The summed E-state index contributed by atoms with van der Waals surface area (Å²) in [6.45, 7) is 4.85. The van der Waals surface area contributed by atoms with Crippen LogP contribution in [0.3, 0.4) is 0 Å². The lowest BCUT2D eigenvalue weighted by molar-refractivity contribution is -0.130. The highest BCUT2D eigenvalue weighted by Crippen LogP contribution is 2.25. The van der Waals surface area contributed by atoms with Gasteiger partial charge in [-0.25, -0.2) is 0 Å². The number of tetrazole rings is 1. The second-order valence-corrected chi connectivity index (χ2v) is 10.8. The molecule has 2 saturated heterocycles. The number of likely N-dealkylation sites (tertiary alicyclic amines) is 2. The maximum atomic E-state index is 12.9. The van der Waals surface area contributed by atoms with Crippen LogP contribution >= 0.6 is 11.6 Å². The third-order valence-electron chi connectivity index (χ3n) is 7.36. The molecule has 0 aliphatic carbocycles. The molecule has 0 radical (unpaired) electrons. The number of rotatable bonds is 7. The third kappa shape index (κ3) is 6.72. The Kier molecular flexibility index (Phi) is 8.08. The minimum atomic E-state index is -0.996. The molecule has 39 heavy (non-hydrogen) atoms. The molecule has 2 aromatic heterocycles. The van der Waals surface area contributed by atoms with Gasteiger partial charge in [0.15, 0.2) is 5.82 Å². The number of nitrogens with zero attached hydrogens (tertiary/aromatic N) is 8. The number of carbonyl (C=O) groups is 2. The average molecular weight is 553 g/mol. The van der Waals surface area contributed by atoms with Crippen molar-refractivity contribution in [2.75, 3.05) is 26.2 Å². The van der Waals surface area contributed by atoms with Crippen LogP contribution in [0, 0.1) is 6.92 Å². The van der Waals surface area contributed by atoms with Crippen LogP contribution < -0.4 is 0 Å².